The molecule has 3 aliphatic heterocycles. The zero-order chi connectivity index (χ0) is 97.2. The highest BCUT2D eigenvalue weighted by Crippen LogP contribution is 2.33. The van der Waals surface area contributed by atoms with E-state index in [0.29, 0.717) is 75.8 Å². The number of unbranched alkanes of at least 4 members (excludes halogenated alkanes) is 3. The van der Waals surface area contributed by atoms with Crippen LogP contribution >= 0.6 is 34.0 Å². The van der Waals surface area contributed by atoms with Crippen molar-refractivity contribution in [3.63, 3.8) is 0 Å². The summed E-state index contributed by atoms with van der Waals surface area (Å²) in [5.74, 6) is -9.21. The number of nitrogens with zero attached hydrogens (tertiary/aromatic N) is 1. The van der Waals surface area contributed by atoms with Crippen LogP contribution in [0.25, 0.3) is 0 Å². The molecule has 41 heteroatoms. The smallest absolute Gasteiger partial charge is 0.321 e. The van der Waals surface area contributed by atoms with Crippen molar-refractivity contribution in [1.29, 1.82) is 0 Å². The van der Waals surface area contributed by atoms with E-state index < -0.39 is 126 Å². The molecule has 133 heavy (non-hydrogen) atoms. The third-order valence-electron chi connectivity index (χ3n) is 18.1. The molecule has 4 fully saturated rings. The summed E-state index contributed by atoms with van der Waals surface area (Å²) >= 11 is 4.50. The molecule has 0 bridgehead atoms. The number of hydrogen-bond acceptors (Lipinski definition) is 29. The number of aromatic nitrogens is 1. The van der Waals surface area contributed by atoms with Crippen molar-refractivity contribution in [2.24, 2.45) is 34.6 Å². The van der Waals surface area contributed by atoms with Crippen LogP contribution in [-0.2, 0) is 83.2 Å². The van der Waals surface area contributed by atoms with Crippen molar-refractivity contribution in [2.75, 3.05) is 47.8 Å². The van der Waals surface area contributed by atoms with Gasteiger partial charge in [0.2, 0.25) is 0 Å². The predicted molar refractivity (Wildman–Crippen MR) is 535 cm³/mol. The summed E-state index contributed by atoms with van der Waals surface area (Å²) in [6, 6.07) is 19.6. The van der Waals surface area contributed by atoms with E-state index in [2.05, 4.69) is 61.3 Å². The molecule has 4 aliphatic rings. The minimum Gasteiger partial charge on any atom is -0.480 e. The maximum absolute atomic E-state index is 10.7. The Hall–Kier alpha value is -9.41. The number of carboxylic acids is 12. The van der Waals surface area contributed by atoms with Crippen LogP contribution in [0.15, 0.2) is 106 Å². The fourth-order valence-electron chi connectivity index (χ4n) is 10.8. The Balaban J connectivity index is -0.000000120. The number of nitrogens with one attached hydrogen (secondary N) is 7. The second kappa shape index (κ2) is 94.4. The van der Waals surface area contributed by atoms with Crippen LogP contribution in [0.5, 0.6) is 0 Å². The first-order valence-electron chi connectivity index (χ1n) is 41.7. The number of hydrogen-bond donors (Lipinski definition) is 25. The lowest BCUT2D eigenvalue weighted by molar-refractivity contribution is -0.140. The Morgan fingerprint density at radius 1 is 0.451 bits per heavy atom. The number of fused-ring (bicyclic) bond motifs is 1. The molecular weight excluding hydrogens is 1780 g/mol. The molecule has 0 spiro atoms. The van der Waals surface area contributed by atoms with Crippen LogP contribution in [0, 0.1) is 5.92 Å². The van der Waals surface area contributed by atoms with Gasteiger partial charge in [0.05, 0.1) is 23.9 Å². The SMILES string of the molecule is C.C.C.C.C.C.C.CC.CC.CCCC[C@@H](N)C(=O)O.CCCC[C@H](N)C(=O)O.CCCC[C@H](NC)C(=O)O.CNCC(=O)O.CN[C@@H](C)C(=O)O.CN[C@@H](Cc1ccccc1)C(=O)O.N[C@@H](Cc1cccs1)C(=O)O.N[C@@H](Cc1ccsc1)C(=O)O.N[C@@H](Cc1cscn1)C(=O)O.O=C(O)[C@@H]1C[C@@H](O)CN1.O=C(O)[C@@H]1C[C@@H](c2ccccc2)CN1.O=C(O)[C@@H]1C[C@H]2CCCC[C@H]2N1. The van der Waals surface area contributed by atoms with Gasteiger partial charge in [-0.1, -0.05) is 219 Å². The number of aliphatic carboxylic acids is 12. The second-order valence-corrected chi connectivity index (χ2v) is 30.6. The van der Waals surface area contributed by atoms with Gasteiger partial charge >= 0.3 is 71.6 Å². The summed E-state index contributed by atoms with van der Waals surface area (Å²) in [5, 5.41) is 137. The summed E-state index contributed by atoms with van der Waals surface area (Å²) in [6.07, 6.45) is 15.7. The Morgan fingerprint density at radius 2 is 0.895 bits per heavy atom. The van der Waals surface area contributed by atoms with E-state index in [9.17, 15) is 57.5 Å². The minimum absolute atomic E-state index is 0. The van der Waals surface area contributed by atoms with Gasteiger partial charge in [0.1, 0.15) is 66.5 Å². The Labute approximate surface area is 803 Å². The fraction of sp³-hybridized carbons (Fsp3) is 0.620. The fourth-order valence-corrected chi connectivity index (χ4v) is 12.8. The van der Waals surface area contributed by atoms with Gasteiger partial charge in [-0.05, 0) is 150 Å². The molecule has 9 rings (SSSR count). The molecule has 30 N–H and O–H groups in total. The molecule has 0 radical (unpaired) electrons. The Morgan fingerprint density at radius 3 is 1.23 bits per heavy atom. The number of carbonyl (C=O) groups is 12. The van der Waals surface area contributed by atoms with Crippen LogP contribution in [-0.4, -0.2) is 269 Å². The summed E-state index contributed by atoms with van der Waals surface area (Å²) in [4.78, 5) is 128. The molecule has 774 valence electrons. The summed E-state index contributed by atoms with van der Waals surface area (Å²) in [5.41, 5.74) is 32.0. The lowest BCUT2D eigenvalue weighted by Gasteiger charge is -2.24. The van der Waals surface area contributed by atoms with Gasteiger partial charge in [-0.15, -0.1) is 22.7 Å². The van der Waals surface area contributed by atoms with E-state index >= 15 is 0 Å². The molecule has 5 aromatic rings. The minimum atomic E-state index is -0.988. The lowest BCUT2D eigenvalue weighted by atomic mass is 9.85. The summed E-state index contributed by atoms with van der Waals surface area (Å²) in [6.45, 7) is 16.9. The van der Waals surface area contributed by atoms with Gasteiger partial charge in [-0.2, -0.15) is 11.3 Å². The molecule has 1 saturated carbocycles. The molecule has 0 amide bonds. The molecule has 38 nitrogen and oxygen atoms in total. The van der Waals surface area contributed by atoms with Crippen molar-refractivity contribution in [3.8, 4) is 0 Å². The zero-order valence-corrected chi connectivity index (χ0v) is 77.0. The summed E-state index contributed by atoms with van der Waals surface area (Å²) < 4.78 is 0. The third kappa shape index (κ3) is 79.7. The monoisotopic (exact) mass is 1960 g/mol. The van der Waals surface area contributed by atoms with Crippen molar-refractivity contribution in [2.45, 2.75) is 320 Å². The first kappa shape index (κ1) is 149. The first-order chi connectivity index (χ1) is 59.6. The van der Waals surface area contributed by atoms with Crippen LogP contribution in [0.2, 0.25) is 0 Å². The van der Waals surface area contributed by atoms with E-state index in [1.807, 2.05) is 124 Å². The van der Waals surface area contributed by atoms with Gasteiger partial charge < -0.3 is 132 Å². The maximum Gasteiger partial charge on any atom is 0.321 e. The van der Waals surface area contributed by atoms with Gasteiger partial charge in [0.15, 0.2) is 0 Å². The molecule has 6 heterocycles. The number of β-amino-alcohol motifs (C(OH)–C–C–N with tert-alkyl or cyclic N) is 1. The van der Waals surface area contributed by atoms with Gasteiger partial charge in [-0.25, -0.2) is 4.98 Å². The number of carboxylic acid groups (broad SMARTS) is 12. The van der Waals surface area contributed by atoms with Crippen molar-refractivity contribution in [1.82, 2.24) is 42.2 Å². The normalized spacial score (nSPS) is 17.1. The highest BCUT2D eigenvalue weighted by atomic mass is 32.1. The van der Waals surface area contributed by atoms with Crippen LogP contribution in [0.1, 0.15) is 243 Å². The largest absolute Gasteiger partial charge is 0.480 e. The number of likely N-dealkylation sites (N-methyl/N-ethyl adjacent to an activating group) is 4. The summed E-state index contributed by atoms with van der Waals surface area (Å²) in [7, 11) is 6.53. The van der Waals surface area contributed by atoms with E-state index in [1.165, 1.54) is 53.9 Å². The molecule has 0 unspecified atom stereocenters. The molecule has 3 saturated heterocycles. The van der Waals surface area contributed by atoms with E-state index in [1.54, 1.807) is 57.3 Å². The highest BCUT2D eigenvalue weighted by Gasteiger charge is 2.38. The first-order valence-corrected chi connectivity index (χ1v) is 44.4. The number of thiazole rings is 1. The second-order valence-electron chi connectivity index (χ2n) is 28.1. The van der Waals surface area contributed by atoms with E-state index in [4.69, 9.17) is 95.1 Å². The Bertz CT molecular complexity index is 3490. The lowest BCUT2D eigenvalue weighted by Crippen LogP contribution is -2.36. The highest BCUT2D eigenvalue weighted by molar-refractivity contribution is 7.10. The topological polar surface area (TPSA) is 695 Å². The average Bonchev–Trinajstić information content (AvgIpc) is 1.70. The van der Waals surface area contributed by atoms with Crippen molar-refractivity contribution >= 4 is 106 Å². The Kier molecular flexibility index (Phi) is 106. The van der Waals surface area contributed by atoms with Gasteiger partial charge in [0.25, 0.3) is 0 Å². The maximum atomic E-state index is 10.7. The molecule has 15 atom stereocenters. The third-order valence-corrected chi connectivity index (χ3v) is 20.4. The number of benzene rings is 2. The number of aliphatic hydroxyl groups excluding tert-OH is 1. The molecule has 2 aromatic carbocycles. The van der Waals surface area contributed by atoms with E-state index in [-0.39, 0.29) is 76.7 Å². The van der Waals surface area contributed by atoms with Crippen LogP contribution < -0.4 is 65.9 Å². The average molecular weight is 1960 g/mol. The van der Waals surface area contributed by atoms with Crippen molar-refractivity contribution < 1.29 is 124 Å². The van der Waals surface area contributed by atoms with E-state index in [0.717, 1.165) is 79.6 Å². The number of rotatable bonds is 34. The number of nitrogens with two attached hydrogens (primary N) is 5. The molecule has 1 aliphatic carbocycles. The zero-order valence-electron chi connectivity index (χ0n) is 74.6. The van der Waals surface area contributed by atoms with Crippen LogP contribution in [0.3, 0.4) is 0 Å². The predicted octanol–water partition coefficient (Wildman–Crippen LogP) is 10.9. The van der Waals surface area contributed by atoms with Crippen molar-refractivity contribution in [3.05, 3.63) is 133 Å². The van der Waals surface area contributed by atoms with Crippen LogP contribution in [0.4, 0.5) is 0 Å². The molecular formula is C92H173N13O25S3. The quantitative estimate of drug-likeness (QED) is 0.0182. The van der Waals surface area contributed by atoms with Gasteiger partial charge in [0, 0.05) is 48.7 Å². The number of thiophene rings is 2. The van der Waals surface area contributed by atoms with Gasteiger partial charge in [-0.3, -0.25) is 57.5 Å². The molecule has 3 aromatic heterocycles. The number of aliphatic hydroxyl groups is 1. The standard InChI is InChI=1S/C11H13NO2.C10H13NO2.C9H15NO2.2C7H9NO2S.C7H15NO2.C6H8N2O2S.2C6H13NO2.C5H9NO3.C4H9NO2.C3H7NO2.2C2H6.7CH4/c13-11(14)10-6-9(7-12-10)8-4-2-1-3-5-8;1-11-9(10(12)13)7-8-5-3-2-4-6-8;11-9(12)8-5-6-3-1-2-4-7(6)10-8;8-6(7(9)10)3-5-1-2-11-4-5;8-6(7(9)10)4-5-2-1-3-11-5;1-3-4-5-6(8-2)7(9)10;7-5(6(9)10)1-4-2-11-3-8-4;2*1-2-3-4-5(7)6(8)9;7-3-1-4(5(8)9)6-2-3;1-3(5-2)4(6)7;1-4-2-3(5)6;2*1-2;;;;;;;/h1-5,9-10,12H,6-7H2,(H,13,14);2-6,9,11H,7H2,1H3,(H,12,13);6-8,10H,1-5H2,(H,11,12);1-2,4,6H,3,8H2,(H,9,10);1-3,6H,4,8H2,(H,9,10);6,8H,3-5H2,1-2H3,(H,9,10);2-3,5H,1,7H2,(H,9,10);2*5H,2-4,7H2,1H3,(H,8,9);3-4,6-7H,1-2H2,(H,8,9);3,5H,1-2H3,(H,6,7);4H,2H2,1H3,(H,5,6);2*1-2H3;7*1H4/t9-,10+;9-;6-,7-,8+;3*6-;3*5-;3-,4+;3-;;;;;;;;;;/m10100001010........../s1.